The molecule has 0 saturated heterocycles. The van der Waals surface area contributed by atoms with Crippen LogP contribution >= 0.6 is 0 Å². The van der Waals surface area contributed by atoms with Crippen LogP contribution in [0.25, 0.3) is 0 Å². The molecule has 0 aliphatic rings. The number of Topliss-reactive ketones (excluding diaryl/α,β-unsaturated/α-hetero) is 1. The van der Waals surface area contributed by atoms with E-state index in [1.165, 1.54) is 0 Å². The SMILES string of the molecule is CCCS(=O)(=O)CCC(=O)CCNC(C)C. The molecule has 0 bridgehead atoms. The van der Waals surface area contributed by atoms with Gasteiger partial charge in [0, 0.05) is 31.2 Å². The maximum atomic E-state index is 11.4. The fourth-order valence-electron chi connectivity index (χ4n) is 1.31. The van der Waals surface area contributed by atoms with Crippen molar-refractivity contribution in [1.82, 2.24) is 5.32 Å². The molecule has 0 saturated carbocycles. The van der Waals surface area contributed by atoms with E-state index in [0.29, 0.717) is 25.4 Å². The first kappa shape index (κ1) is 15.6. The molecule has 0 aliphatic carbocycles. The minimum Gasteiger partial charge on any atom is -0.314 e. The predicted octanol–water partition coefficient (Wildman–Crippen LogP) is 1.16. The lowest BCUT2D eigenvalue weighted by atomic mass is 10.2. The number of hydrogen-bond donors (Lipinski definition) is 1. The Morgan fingerprint density at radius 2 is 1.81 bits per heavy atom. The van der Waals surface area contributed by atoms with Gasteiger partial charge in [0.2, 0.25) is 0 Å². The normalized spacial score (nSPS) is 12.0. The average Bonchev–Trinajstić information content (AvgIpc) is 2.14. The van der Waals surface area contributed by atoms with E-state index in [9.17, 15) is 13.2 Å². The Labute approximate surface area is 98.7 Å². The van der Waals surface area contributed by atoms with Crippen LogP contribution < -0.4 is 5.32 Å². The standard InChI is InChI=1S/C11H23NO3S/c1-4-8-16(14,15)9-6-11(13)5-7-12-10(2)3/h10,12H,4-9H2,1-3H3. The summed E-state index contributed by atoms with van der Waals surface area (Å²) < 4.78 is 22.7. The second kappa shape index (κ2) is 7.79. The molecule has 0 radical (unpaired) electrons. The molecule has 5 heteroatoms. The van der Waals surface area contributed by atoms with Crippen molar-refractivity contribution < 1.29 is 13.2 Å². The molecule has 0 atom stereocenters. The van der Waals surface area contributed by atoms with Crippen molar-refractivity contribution in [2.75, 3.05) is 18.1 Å². The summed E-state index contributed by atoms with van der Waals surface area (Å²) in [6.45, 7) is 6.47. The van der Waals surface area contributed by atoms with Gasteiger partial charge in [0.15, 0.2) is 9.84 Å². The topological polar surface area (TPSA) is 63.2 Å². The lowest BCUT2D eigenvalue weighted by Crippen LogP contribution is -2.26. The lowest BCUT2D eigenvalue weighted by molar-refractivity contribution is -0.118. The van der Waals surface area contributed by atoms with Gasteiger partial charge in [0.05, 0.1) is 5.75 Å². The van der Waals surface area contributed by atoms with E-state index in [2.05, 4.69) is 5.32 Å². The first-order valence-electron chi connectivity index (χ1n) is 5.83. The highest BCUT2D eigenvalue weighted by atomic mass is 32.2. The van der Waals surface area contributed by atoms with E-state index in [1.807, 2.05) is 20.8 Å². The molecular weight excluding hydrogens is 226 g/mol. The number of hydrogen-bond acceptors (Lipinski definition) is 4. The number of carbonyl (C=O) groups excluding carboxylic acids is 1. The zero-order valence-corrected chi connectivity index (χ0v) is 11.3. The lowest BCUT2D eigenvalue weighted by Gasteiger charge is -2.07. The Kier molecular flexibility index (Phi) is 7.58. The minimum atomic E-state index is -3.01. The van der Waals surface area contributed by atoms with Gasteiger partial charge in [-0.05, 0) is 6.42 Å². The number of carbonyl (C=O) groups is 1. The summed E-state index contributed by atoms with van der Waals surface area (Å²) >= 11 is 0. The number of nitrogens with one attached hydrogen (secondary N) is 1. The molecule has 0 amide bonds. The quantitative estimate of drug-likeness (QED) is 0.666. The maximum Gasteiger partial charge on any atom is 0.150 e. The molecule has 0 unspecified atom stereocenters. The van der Waals surface area contributed by atoms with E-state index < -0.39 is 9.84 Å². The highest BCUT2D eigenvalue weighted by Crippen LogP contribution is 1.99. The van der Waals surface area contributed by atoms with E-state index in [1.54, 1.807) is 0 Å². The van der Waals surface area contributed by atoms with Gasteiger partial charge < -0.3 is 5.32 Å². The van der Waals surface area contributed by atoms with Gasteiger partial charge in [-0.2, -0.15) is 0 Å². The molecular formula is C11H23NO3S. The second-order valence-electron chi connectivity index (χ2n) is 4.30. The van der Waals surface area contributed by atoms with Crippen molar-refractivity contribution in [3.05, 3.63) is 0 Å². The number of rotatable bonds is 9. The second-order valence-corrected chi connectivity index (χ2v) is 6.60. The molecule has 0 aromatic heterocycles. The van der Waals surface area contributed by atoms with Crippen LogP contribution in [0, 0.1) is 0 Å². The monoisotopic (exact) mass is 249 g/mol. The van der Waals surface area contributed by atoms with Crippen molar-refractivity contribution >= 4 is 15.6 Å². The van der Waals surface area contributed by atoms with Crippen molar-refractivity contribution in [2.24, 2.45) is 0 Å². The fourth-order valence-corrected chi connectivity index (χ4v) is 2.67. The Hall–Kier alpha value is -0.420. The van der Waals surface area contributed by atoms with Crippen LogP contribution in [-0.2, 0) is 14.6 Å². The molecule has 96 valence electrons. The highest BCUT2D eigenvalue weighted by Gasteiger charge is 2.12. The van der Waals surface area contributed by atoms with Crippen molar-refractivity contribution in [1.29, 1.82) is 0 Å². The molecule has 0 spiro atoms. The van der Waals surface area contributed by atoms with Crippen molar-refractivity contribution in [3.63, 3.8) is 0 Å². The Morgan fingerprint density at radius 3 is 2.31 bits per heavy atom. The third-order valence-electron chi connectivity index (χ3n) is 2.16. The molecule has 16 heavy (non-hydrogen) atoms. The summed E-state index contributed by atoms with van der Waals surface area (Å²) in [6.07, 6.45) is 1.19. The summed E-state index contributed by atoms with van der Waals surface area (Å²) in [6, 6.07) is 0.358. The van der Waals surface area contributed by atoms with Crippen molar-refractivity contribution in [3.8, 4) is 0 Å². The van der Waals surface area contributed by atoms with E-state index in [-0.39, 0.29) is 23.7 Å². The minimum absolute atomic E-state index is 0.00134. The van der Waals surface area contributed by atoms with Gasteiger partial charge in [-0.3, -0.25) is 4.79 Å². The number of sulfone groups is 1. The largest absolute Gasteiger partial charge is 0.314 e. The van der Waals surface area contributed by atoms with Crippen LogP contribution in [0.3, 0.4) is 0 Å². The van der Waals surface area contributed by atoms with Gasteiger partial charge in [0.25, 0.3) is 0 Å². The van der Waals surface area contributed by atoms with Crippen LogP contribution in [0.2, 0.25) is 0 Å². The summed E-state index contributed by atoms with van der Waals surface area (Å²) in [7, 11) is -3.01. The Bertz CT molecular complexity index is 296. The third-order valence-corrected chi connectivity index (χ3v) is 4.02. The summed E-state index contributed by atoms with van der Waals surface area (Å²) in [5.41, 5.74) is 0. The third kappa shape index (κ3) is 8.85. The fraction of sp³-hybridized carbons (Fsp3) is 0.909. The molecule has 0 rings (SSSR count). The van der Waals surface area contributed by atoms with E-state index in [0.717, 1.165) is 0 Å². The average molecular weight is 249 g/mol. The molecule has 0 aromatic carbocycles. The van der Waals surface area contributed by atoms with Crippen LogP contribution in [0.15, 0.2) is 0 Å². The maximum absolute atomic E-state index is 11.4. The van der Waals surface area contributed by atoms with Crippen molar-refractivity contribution in [2.45, 2.75) is 46.1 Å². The van der Waals surface area contributed by atoms with E-state index in [4.69, 9.17) is 0 Å². The molecule has 0 aromatic rings. The summed E-state index contributed by atoms with van der Waals surface area (Å²) in [5.74, 6) is 0.208. The van der Waals surface area contributed by atoms with Crippen LogP contribution in [0.5, 0.6) is 0 Å². The van der Waals surface area contributed by atoms with E-state index >= 15 is 0 Å². The molecule has 1 N–H and O–H groups in total. The highest BCUT2D eigenvalue weighted by molar-refractivity contribution is 7.91. The van der Waals surface area contributed by atoms with Gasteiger partial charge in [-0.25, -0.2) is 8.42 Å². The molecule has 0 aliphatic heterocycles. The zero-order chi connectivity index (χ0) is 12.6. The van der Waals surface area contributed by atoms with Gasteiger partial charge in [-0.1, -0.05) is 20.8 Å². The Balaban J connectivity index is 3.73. The number of ketones is 1. The van der Waals surface area contributed by atoms with Crippen LogP contribution in [-0.4, -0.2) is 38.3 Å². The first-order valence-corrected chi connectivity index (χ1v) is 7.65. The van der Waals surface area contributed by atoms with Gasteiger partial charge >= 0.3 is 0 Å². The Morgan fingerprint density at radius 1 is 1.19 bits per heavy atom. The smallest absolute Gasteiger partial charge is 0.150 e. The van der Waals surface area contributed by atoms with Crippen LogP contribution in [0.4, 0.5) is 0 Å². The molecule has 0 fully saturated rings. The summed E-state index contributed by atoms with van der Waals surface area (Å²) in [4.78, 5) is 11.4. The summed E-state index contributed by atoms with van der Waals surface area (Å²) in [5, 5.41) is 3.13. The zero-order valence-electron chi connectivity index (χ0n) is 10.5. The van der Waals surface area contributed by atoms with Crippen LogP contribution in [0.1, 0.15) is 40.0 Å². The first-order chi connectivity index (χ1) is 7.37. The predicted molar refractivity (Wildman–Crippen MR) is 66.3 cm³/mol. The molecule has 4 nitrogen and oxygen atoms in total. The van der Waals surface area contributed by atoms with Gasteiger partial charge in [-0.15, -0.1) is 0 Å². The van der Waals surface area contributed by atoms with Gasteiger partial charge in [0.1, 0.15) is 5.78 Å². The molecule has 0 heterocycles.